The van der Waals surface area contributed by atoms with E-state index in [-0.39, 0.29) is 12.3 Å². The van der Waals surface area contributed by atoms with E-state index in [0.29, 0.717) is 6.61 Å². The molecule has 0 spiro atoms. The molecular weight excluding hydrogens is 252 g/mol. The average molecular weight is 278 g/mol. The van der Waals surface area contributed by atoms with Crippen molar-refractivity contribution in [3.8, 4) is 5.75 Å². The maximum absolute atomic E-state index is 11.5. The first kappa shape index (κ1) is 18.3. The molecule has 0 saturated carbocycles. The number of carbonyl (C=O) groups excluding carboxylic acids is 1. The van der Waals surface area contributed by atoms with E-state index in [4.69, 9.17) is 4.74 Å². The van der Waals surface area contributed by atoms with Gasteiger partial charge in [-0.3, -0.25) is 4.79 Å². The maximum Gasteiger partial charge on any atom is 0.249 e. The number of benzene rings is 1. The molecule has 0 aliphatic heterocycles. The molecule has 20 heavy (non-hydrogen) atoms. The summed E-state index contributed by atoms with van der Waals surface area (Å²) in [7, 11) is 3.99. The Morgan fingerprint density at radius 3 is 2.55 bits per heavy atom. The minimum Gasteiger partial charge on any atom is -0.492 e. The van der Waals surface area contributed by atoms with E-state index in [1.54, 1.807) is 6.92 Å². The number of ether oxygens (including phenoxy) is 1. The third-order valence-electron chi connectivity index (χ3n) is 2.38. The molecule has 0 saturated heterocycles. The summed E-state index contributed by atoms with van der Waals surface area (Å²) in [5.41, 5.74) is 0.881. The second-order valence-electron chi connectivity index (χ2n) is 4.22. The van der Waals surface area contributed by atoms with Crippen molar-refractivity contribution in [2.75, 3.05) is 27.2 Å². The van der Waals surface area contributed by atoms with Crippen LogP contribution in [0.5, 0.6) is 5.75 Å². The van der Waals surface area contributed by atoms with Crippen molar-refractivity contribution in [3.05, 3.63) is 29.8 Å². The van der Waals surface area contributed by atoms with Crippen LogP contribution in [0.4, 0.5) is 0 Å². The summed E-state index contributed by atoms with van der Waals surface area (Å²) in [4.78, 5) is 17.3. The highest BCUT2D eigenvalue weighted by Gasteiger charge is 2.07. The van der Waals surface area contributed by atoms with Crippen LogP contribution in [0.15, 0.2) is 29.3 Å². The molecule has 0 heterocycles. The number of hydrogen-bond acceptors (Lipinski definition) is 3. The zero-order valence-electron chi connectivity index (χ0n) is 13.2. The number of amides is 1. The number of hydrogen-bond donors (Lipinski definition) is 0. The molecule has 4 heteroatoms. The zero-order chi connectivity index (χ0) is 15.4. The Balaban J connectivity index is 0.00000172. The highest BCUT2D eigenvalue weighted by molar-refractivity contribution is 5.86. The molecule has 4 nitrogen and oxygen atoms in total. The summed E-state index contributed by atoms with van der Waals surface area (Å²) in [5, 5.41) is 0. The molecule has 112 valence electrons. The van der Waals surface area contributed by atoms with Gasteiger partial charge >= 0.3 is 0 Å². The van der Waals surface area contributed by atoms with Gasteiger partial charge in [0, 0.05) is 18.3 Å². The van der Waals surface area contributed by atoms with Gasteiger partial charge in [-0.25, -0.2) is 4.99 Å². The third kappa shape index (κ3) is 7.69. The molecule has 1 aromatic rings. The predicted molar refractivity (Wildman–Crippen MR) is 84.7 cm³/mol. The summed E-state index contributed by atoms with van der Waals surface area (Å²) in [6.45, 7) is 7.18. The fraction of sp³-hybridized carbons (Fsp3) is 0.500. The Morgan fingerprint density at radius 1 is 1.30 bits per heavy atom. The fourth-order valence-corrected chi connectivity index (χ4v) is 1.48. The van der Waals surface area contributed by atoms with Gasteiger partial charge < -0.3 is 9.64 Å². The first-order valence-corrected chi connectivity index (χ1v) is 7.00. The monoisotopic (exact) mass is 278 g/mol. The second kappa shape index (κ2) is 11.2. The van der Waals surface area contributed by atoms with Crippen molar-refractivity contribution >= 4 is 12.1 Å². The van der Waals surface area contributed by atoms with Crippen LogP contribution in [0.1, 0.15) is 26.3 Å². The van der Waals surface area contributed by atoms with Gasteiger partial charge in [-0.1, -0.05) is 32.0 Å². The SMILES string of the molecule is CC.CC=NC(=O)Cc1ccccc1OCCN(C)C. The number of aliphatic imine (C=N–C) groups is 1. The van der Waals surface area contributed by atoms with Crippen molar-refractivity contribution < 1.29 is 9.53 Å². The highest BCUT2D eigenvalue weighted by Crippen LogP contribution is 2.18. The van der Waals surface area contributed by atoms with Gasteiger partial charge in [0.25, 0.3) is 0 Å². The van der Waals surface area contributed by atoms with Crippen molar-refractivity contribution in [1.82, 2.24) is 4.90 Å². The van der Waals surface area contributed by atoms with Gasteiger partial charge in [-0.05, 0) is 27.1 Å². The van der Waals surface area contributed by atoms with Crippen LogP contribution >= 0.6 is 0 Å². The largest absolute Gasteiger partial charge is 0.492 e. The second-order valence-corrected chi connectivity index (χ2v) is 4.22. The molecule has 0 atom stereocenters. The minimum absolute atomic E-state index is 0.152. The van der Waals surface area contributed by atoms with Crippen LogP contribution in [0, 0.1) is 0 Å². The summed E-state index contributed by atoms with van der Waals surface area (Å²) >= 11 is 0. The van der Waals surface area contributed by atoms with Crippen LogP contribution in [0.25, 0.3) is 0 Å². The molecule has 1 aromatic carbocycles. The first-order chi connectivity index (χ1) is 9.63. The molecular formula is C16H26N2O2. The standard InChI is InChI=1S/C14H20N2O2.C2H6/c1-4-15-14(17)11-12-7-5-6-8-13(12)18-10-9-16(2)3;1-2/h4-8H,9-11H2,1-3H3;1-2H3. The quantitative estimate of drug-likeness (QED) is 0.751. The van der Waals surface area contributed by atoms with Crippen molar-refractivity contribution in [3.63, 3.8) is 0 Å². The Morgan fingerprint density at radius 2 is 1.95 bits per heavy atom. The van der Waals surface area contributed by atoms with E-state index in [1.807, 2.05) is 52.2 Å². The van der Waals surface area contributed by atoms with Crippen LogP contribution in [-0.2, 0) is 11.2 Å². The molecule has 0 N–H and O–H groups in total. The first-order valence-electron chi connectivity index (χ1n) is 7.00. The smallest absolute Gasteiger partial charge is 0.249 e. The average Bonchev–Trinajstić information content (AvgIpc) is 2.43. The summed E-state index contributed by atoms with van der Waals surface area (Å²) < 4.78 is 5.68. The lowest BCUT2D eigenvalue weighted by molar-refractivity contribution is -0.117. The predicted octanol–water partition coefficient (Wildman–Crippen LogP) is 2.81. The number of rotatable bonds is 6. The van der Waals surface area contributed by atoms with E-state index in [0.717, 1.165) is 17.9 Å². The van der Waals surface area contributed by atoms with Gasteiger partial charge in [0.05, 0.1) is 6.42 Å². The van der Waals surface area contributed by atoms with Crippen molar-refractivity contribution in [2.45, 2.75) is 27.2 Å². The molecule has 1 amide bonds. The molecule has 0 bridgehead atoms. The van der Waals surface area contributed by atoms with Gasteiger partial charge in [0.15, 0.2) is 0 Å². The lowest BCUT2D eigenvalue weighted by atomic mass is 10.1. The van der Waals surface area contributed by atoms with Crippen LogP contribution < -0.4 is 4.74 Å². The van der Waals surface area contributed by atoms with Gasteiger partial charge in [0.2, 0.25) is 5.91 Å². The Kier molecular flexibility index (Phi) is 10.2. The maximum atomic E-state index is 11.5. The fourth-order valence-electron chi connectivity index (χ4n) is 1.48. The minimum atomic E-state index is -0.152. The topological polar surface area (TPSA) is 41.9 Å². The number of nitrogens with zero attached hydrogens (tertiary/aromatic N) is 2. The van der Waals surface area contributed by atoms with Crippen LogP contribution in [-0.4, -0.2) is 44.3 Å². The molecule has 0 unspecified atom stereocenters. The van der Waals surface area contributed by atoms with Crippen molar-refractivity contribution in [1.29, 1.82) is 0 Å². The van der Waals surface area contributed by atoms with E-state index >= 15 is 0 Å². The lowest BCUT2D eigenvalue weighted by Gasteiger charge is -2.13. The van der Waals surface area contributed by atoms with Crippen LogP contribution in [0.3, 0.4) is 0 Å². The summed E-state index contributed by atoms with van der Waals surface area (Å²) in [5.74, 6) is 0.611. The van der Waals surface area contributed by atoms with Crippen molar-refractivity contribution in [2.24, 2.45) is 4.99 Å². The highest BCUT2D eigenvalue weighted by atomic mass is 16.5. The van der Waals surface area contributed by atoms with E-state index in [1.165, 1.54) is 6.21 Å². The van der Waals surface area contributed by atoms with E-state index in [2.05, 4.69) is 9.89 Å². The Bertz CT molecular complexity index is 415. The summed E-state index contributed by atoms with van der Waals surface area (Å²) in [6, 6.07) is 7.58. The molecule has 0 aliphatic carbocycles. The van der Waals surface area contributed by atoms with Gasteiger partial charge in [-0.15, -0.1) is 0 Å². The number of likely N-dealkylation sites (N-methyl/N-ethyl adjacent to an activating group) is 1. The van der Waals surface area contributed by atoms with Crippen LogP contribution in [0.2, 0.25) is 0 Å². The van der Waals surface area contributed by atoms with E-state index < -0.39 is 0 Å². The molecule has 0 aliphatic rings. The molecule has 0 fully saturated rings. The molecule has 0 aromatic heterocycles. The lowest BCUT2D eigenvalue weighted by Crippen LogP contribution is -2.19. The Hall–Kier alpha value is -1.68. The van der Waals surface area contributed by atoms with Gasteiger partial charge in [-0.2, -0.15) is 0 Å². The Labute approximate surface area is 122 Å². The van der Waals surface area contributed by atoms with Gasteiger partial charge in [0.1, 0.15) is 12.4 Å². The number of carbonyl (C=O) groups is 1. The summed E-state index contributed by atoms with van der Waals surface area (Å²) in [6.07, 6.45) is 1.79. The van der Waals surface area contributed by atoms with E-state index in [9.17, 15) is 4.79 Å². The molecule has 0 radical (unpaired) electrons. The third-order valence-corrected chi connectivity index (χ3v) is 2.38. The molecule has 1 rings (SSSR count). The zero-order valence-corrected chi connectivity index (χ0v) is 13.2. The normalized spacial score (nSPS) is 10.3. The number of para-hydroxylation sites is 1.